The number of halogens is 2. The molecule has 5 nitrogen and oxygen atoms in total. The number of aromatic hydroxyl groups is 1. The highest BCUT2D eigenvalue weighted by Crippen LogP contribution is 2.27. The minimum atomic E-state index is -1.09. The van der Waals surface area contributed by atoms with Gasteiger partial charge < -0.3 is 14.6 Å². The molecule has 22 heavy (non-hydrogen) atoms. The van der Waals surface area contributed by atoms with Gasteiger partial charge in [-0.3, -0.25) is 0 Å². The molecule has 0 aliphatic carbocycles. The fourth-order valence-corrected chi connectivity index (χ4v) is 2.13. The van der Waals surface area contributed by atoms with Crippen LogP contribution in [0, 0.1) is 11.6 Å². The van der Waals surface area contributed by atoms with E-state index < -0.39 is 11.6 Å². The van der Waals surface area contributed by atoms with E-state index in [2.05, 4.69) is 5.10 Å². The molecule has 3 aromatic rings. The molecule has 0 amide bonds. The molecule has 1 aromatic heterocycles. The van der Waals surface area contributed by atoms with Crippen molar-refractivity contribution >= 4 is 10.9 Å². The van der Waals surface area contributed by atoms with Crippen LogP contribution in [-0.2, 0) is 4.74 Å². The molecule has 0 unspecified atom stereocenters. The molecule has 0 fully saturated rings. The van der Waals surface area contributed by atoms with Gasteiger partial charge >= 0.3 is 0 Å². The topological polar surface area (TPSA) is 56.5 Å². The average Bonchev–Trinajstić information content (AvgIpc) is 2.91. The quantitative estimate of drug-likeness (QED) is 0.753. The first kappa shape index (κ1) is 14.3. The predicted octanol–water partition coefficient (Wildman–Crippen LogP) is 2.99. The molecule has 0 spiro atoms. The summed E-state index contributed by atoms with van der Waals surface area (Å²) in [5.41, 5.74) is 0.937. The van der Waals surface area contributed by atoms with E-state index in [0.717, 1.165) is 6.07 Å². The van der Waals surface area contributed by atoms with Crippen LogP contribution in [0.15, 0.2) is 36.5 Å². The molecule has 0 saturated carbocycles. The molecule has 114 valence electrons. The maximum absolute atomic E-state index is 13.7. The molecule has 0 aliphatic rings. The van der Waals surface area contributed by atoms with E-state index in [4.69, 9.17) is 9.47 Å². The lowest BCUT2D eigenvalue weighted by Gasteiger charge is -2.10. The van der Waals surface area contributed by atoms with Crippen LogP contribution in [-0.4, -0.2) is 28.8 Å². The van der Waals surface area contributed by atoms with Gasteiger partial charge in [-0.25, -0.2) is 9.07 Å². The van der Waals surface area contributed by atoms with Crippen LogP contribution in [0.25, 0.3) is 16.6 Å². The van der Waals surface area contributed by atoms with E-state index in [1.807, 2.05) is 0 Å². The van der Waals surface area contributed by atoms with E-state index in [1.165, 1.54) is 36.2 Å². The Labute approximate surface area is 124 Å². The standard InChI is InChI=1S/C15H12F2N2O3/c1-21-8-22-14-6-10(5-12(16)15(14)17)19-13-3-2-11(20)4-9(13)7-18-19/h2-7,20H,8H2,1H3. The number of ether oxygens (including phenoxy) is 2. The van der Waals surface area contributed by atoms with Crippen molar-refractivity contribution < 1.29 is 23.4 Å². The maximum atomic E-state index is 13.7. The van der Waals surface area contributed by atoms with Crippen molar-refractivity contribution in [2.45, 2.75) is 0 Å². The Bertz CT molecular complexity index is 833. The number of phenols is 1. The molecule has 3 rings (SSSR count). The van der Waals surface area contributed by atoms with Gasteiger partial charge in [0.2, 0.25) is 5.82 Å². The third-order valence-electron chi connectivity index (χ3n) is 3.11. The third-order valence-corrected chi connectivity index (χ3v) is 3.11. The summed E-state index contributed by atoms with van der Waals surface area (Å²) in [6.07, 6.45) is 1.52. The summed E-state index contributed by atoms with van der Waals surface area (Å²) in [7, 11) is 1.38. The van der Waals surface area contributed by atoms with E-state index >= 15 is 0 Å². The molecule has 0 bridgehead atoms. The minimum Gasteiger partial charge on any atom is -0.508 e. The Kier molecular flexibility index (Phi) is 3.64. The Morgan fingerprint density at radius 1 is 1.23 bits per heavy atom. The average molecular weight is 306 g/mol. The SMILES string of the molecule is COCOc1cc(-n2ncc3cc(O)ccc32)cc(F)c1F. The highest BCUT2D eigenvalue weighted by molar-refractivity contribution is 5.81. The van der Waals surface area contributed by atoms with Crippen molar-refractivity contribution in [2.75, 3.05) is 13.9 Å². The summed E-state index contributed by atoms with van der Waals surface area (Å²) < 4.78 is 38.6. The van der Waals surface area contributed by atoms with Crippen LogP contribution in [0.5, 0.6) is 11.5 Å². The van der Waals surface area contributed by atoms with Gasteiger partial charge in [-0.15, -0.1) is 0 Å². The highest BCUT2D eigenvalue weighted by atomic mass is 19.2. The fourth-order valence-electron chi connectivity index (χ4n) is 2.13. The molecule has 1 N–H and O–H groups in total. The lowest BCUT2D eigenvalue weighted by atomic mass is 10.2. The number of hydrogen-bond donors (Lipinski definition) is 1. The van der Waals surface area contributed by atoms with E-state index in [-0.39, 0.29) is 18.3 Å². The minimum absolute atomic E-state index is 0.0986. The van der Waals surface area contributed by atoms with Crippen molar-refractivity contribution in [2.24, 2.45) is 0 Å². The lowest BCUT2D eigenvalue weighted by molar-refractivity contribution is 0.0478. The predicted molar refractivity (Wildman–Crippen MR) is 75.2 cm³/mol. The monoisotopic (exact) mass is 306 g/mol. The Hall–Kier alpha value is -2.67. The van der Waals surface area contributed by atoms with Crippen LogP contribution in [0.1, 0.15) is 0 Å². The zero-order valence-electron chi connectivity index (χ0n) is 11.6. The van der Waals surface area contributed by atoms with Crippen molar-refractivity contribution in [1.29, 1.82) is 0 Å². The van der Waals surface area contributed by atoms with Crippen molar-refractivity contribution in [3.05, 3.63) is 48.2 Å². The van der Waals surface area contributed by atoms with Crippen molar-refractivity contribution in [3.8, 4) is 17.2 Å². The summed E-state index contributed by atoms with van der Waals surface area (Å²) in [6.45, 7) is -0.201. The molecule has 0 radical (unpaired) electrons. The first-order valence-electron chi connectivity index (χ1n) is 6.38. The van der Waals surface area contributed by atoms with Gasteiger partial charge in [-0.2, -0.15) is 9.49 Å². The van der Waals surface area contributed by atoms with Crippen LogP contribution < -0.4 is 4.74 Å². The Morgan fingerprint density at radius 2 is 2.05 bits per heavy atom. The molecule has 2 aromatic carbocycles. The number of fused-ring (bicyclic) bond motifs is 1. The van der Waals surface area contributed by atoms with E-state index in [1.54, 1.807) is 6.07 Å². The molecular formula is C15H12F2N2O3. The molecule has 7 heteroatoms. The summed E-state index contributed by atoms with van der Waals surface area (Å²) >= 11 is 0. The first-order valence-corrected chi connectivity index (χ1v) is 6.38. The second kappa shape index (κ2) is 5.61. The van der Waals surface area contributed by atoms with E-state index in [0.29, 0.717) is 16.6 Å². The van der Waals surface area contributed by atoms with Crippen LogP contribution >= 0.6 is 0 Å². The van der Waals surface area contributed by atoms with Gasteiger partial charge in [0.25, 0.3) is 0 Å². The fraction of sp³-hybridized carbons (Fsp3) is 0.133. The number of hydrogen-bond acceptors (Lipinski definition) is 4. The third kappa shape index (κ3) is 2.46. The largest absolute Gasteiger partial charge is 0.508 e. The number of phenolic OH excluding ortho intramolecular Hbond substituents is 1. The van der Waals surface area contributed by atoms with E-state index in [9.17, 15) is 13.9 Å². The van der Waals surface area contributed by atoms with Gasteiger partial charge in [0.15, 0.2) is 18.4 Å². The Balaban J connectivity index is 2.12. The smallest absolute Gasteiger partial charge is 0.200 e. The number of methoxy groups -OCH3 is 1. The maximum Gasteiger partial charge on any atom is 0.200 e. The summed E-state index contributed by atoms with van der Waals surface area (Å²) in [6, 6.07) is 7.00. The van der Waals surface area contributed by atoms with Gasteiger partial charge in [-0.05, 0) is 18.2 Å². The number of aromatic nitrogens is 2. The second-order valence-corrected chi connectivity index (χ2v) is 4.59. The van der Waals surface area contributed by atoms with Gasteiger partial charge in [0.05, 0.1) is 17.4 Å². The normalized spacial score (nSPS) is 11.0. The van der Waals surface area contributed by atoms with Crippen LogP contribution in [0.4, 0.5) is 8.78 Å². The number of benzene rings is 2. The second-order valence-electron chi connectivity index (χ2n) is 4.59. The first-order chi connectivity index (χ1) is 10.6. The zero-order chi connectivity index (χ0) is 15.7. The summed E-state index contributed by atoms with van der Waals surface area (Å²) in [5.74, 6) is -2.30. The van der Waals surface area contributed by atoms with Crippen LogP contribution in [0.2, 0.25) is 0 Å². The molecule has 1 heterocycles. The number of nitrogens with zero attached hydrogens (tertiary/aromatic N) is 2. The summed E-state index contributed by atoms with van der Waals surface area (Å²) in [4.78, 5) is 0. The number of rotatable bonds is 4. The van der Waals surface area contributed by atoms with Crippen molar-refractivity contribution in [3.63, 3.8) is 0 Å². The Morgan fingerprint density at radius 3 is 2.82 bits per heavy atom. The highest BCUT2D eigenvalue weighted by Gasteiger charge is 2.15. The molecule has 0 saturated heterocycles. The summed E-state index contributed by atoms with van der Waals surface area (Å²) in [5, 5.41) is 14.3. The van der Waals surface area contributed by atoms with Gasteiger partial charge in [-0.1, -0.05) is 0 Å². The van der Waals surface area contributed by atoms with Gasteiger partial charge in [0, 0.05) is 24.6 Å². The lowest BCUT2D eigenvalue weighted by Crippen LogP contribution is -2.05. The van der Waals surface area contributed by atoms with Gasteiger partial charge in [0.1, 0.15) is 5.75 Å². The molecule has 0 aliphatic heterocycles. The van der Waals surface area contributed by atoms with Crippen LogP contribution in [0.3, 0.4) is 0 Å². The molecule has 0 atom stereocenters. The van der Waals surface area contributed by atoms with Crippen molar-refractivity contribution in [1.82, 2.24) is 9.78 Å². The zero-order valence-corrected chi connectivity index (χ0v) is 11.6. The molecular weight excluding hydrogens is 294 g/mol.